The zero-order chi connectivity index (χ0) is 10.7. The van der Waals surface area contributed by atoms with E-state index in [-0.39, 0.29) is 17.3 Å². The number of carbonyl (C=O) groups is 1. The van der Waals surface area contributed by atoms with Gasteiger partial charge in [0.1, 0.15) is 0 Å². The van der Waals surface area contributed by atoms with E-state index >= 15 is 0 Å². The highest BCUT2D eigenvalue weighted by atomic mass is 35.5. The highest BCUT2D eigenvalue weighted by molar-refractivity contribution is 7.07. The van der Waals surface area contributed by atoms with Crippen LogP contribution in [0.4, 0.5) is 0 Å². The lowest BCUT2D eigenvalue weighted by atomic mass is 10.2. The van der Waals surface area contributed by atoms with Crippen LogP contribution in [-0.4, -0.2) is 30.5 Å². The van der Waals surface area contributed by atoms with Gasteiger partial charge in [-0.25, -0.2) is 0 Å². The summed E-state index contributed by atoms with van der Waals surface area (Å²) in [5.41, 5.74) is 1.04. The van der Waals surface area contributed by atoms with Crippen LogP contribution in [0.3, 0.4) is 0 Å². The molecule has 1 aliphatic rings. The molecule has 2 unspecified atom stereocenters. The van der Waals surface area contributed by atoms with Crippen LogP contribution in [0.5, 0.6) is 0 Å². The molecule has 5 heteroatoms. The Morgan fingerprint density at radius 1 is 1.67 bits per heavy atom. The molecule has 2 atom stereocenters. The van der Waals surface area contributed by atoms with E-state index in [1.807, 2.05) is 16.8 Å². The topological polar surface area (TPSA) is 38.3 Å². The van der Waals surface area contributed by atoms with Crippen LogP contribution in [0, 0.1) is 0 Å². The van der Waals surface area contributed by atoms with Gasteiger partial charge in [-0.05, 0) is 22.4 Å². The molecule has 0 aromatic carbocycles. The number of carbonyl (C=O) groups excluding carboxylic acids is 1. The molecule has 2 heterocycles. The van der Waals surface area contributed by atoms with Gasteiger partial charge in [0.05, 0.1) is 31.1 Å². The summed E-state index contributed by atoms with van der Waals surface area (Å²) in [6, 6.07) is 1.91. The third-order valence-electron chi connectivity index (χ3n) is 2.30. The molecule has 2 rings (SSSR count). The molecule has 0 bridgehead atoms. The van der Waals surface area contributed by atoms with Crippen molar-refractivity contribution in [1.82, 2.24) is 5.32 Å². The number of rotatable bonds is 3. The highest BCUT2D eigenvalue weighted by Crippen LogP contribution is 2.12. The monoisotopic (exact) mass is 245 g/mol. The standard InChI is InChI=1S/C10H12ClNO2S/c11-8-4-14-5-9(8)12-10(13)3-7-1-2-15-6-7/h1-2,6,8-9H,3-5H2,(H,12,13). The first-order valence-electron chi connectivity index (χ1n) is 4.78. The number of alkyl halides is 1. The molecule has 0 aliphatic carbocycles. The lowest BCUT2D eigenvalue weighted by molar-refractivity contribution is -0.121. The van der Waals surface area contributed by atoms with Gasteiger partial charge in [0.25, 0.3) is 0 Å². The lowest BCUT2D eigenvalue weighted by Gasteiger charge is -2.13. The van der Waals surface area contributed by atoms with Crippen LogP contribution in [0.1, 0.15) is 5.56 Å². The predicted molar refractivity (Wildman–Crippen MR) is 60.4 cm³/mol. The highest BCUT2D eigenvalue weighted by Gasteiger charge is 2.27. The van der Waals surface area contributed by atoms with Gasteiger partial charge in [-0.2, -0.15) is 11.3 Å². The fourth-order valence-electron chi connectivity index (χ4n) is 1.50. The van der Waals surface area contributed by atoms with E-state index in [1.54, 1.807) is 11.3 Å². The summed E-state index contributed by atoms with van der Waals surface area (Å²) in [7, 11) is 0. The molecule has 1 fully saturated rings. The van der Waals surface area contributed by atoms with Gasteiger partial charge in [0, 0.05) is 0 Å². The number of nitrogens with one attached hydrogen (secondary N) is 1. The smallest absolute Gasteiger partial charge is 0.224 e. The van der Waals surface area contributed by atoms with Crippen molar-refractivity contribution in [1.29, 1.82) is 0 Å². The van der Waals surface area contributed by atoms with Gasteiger partial charge in [-0.15, -0.1) is 11.6 Å². The first kappa shape index (κ1) is 10.9. The van der Waals surface area contributed by atoms with E-state index < -0.39 is 0 Å². The Hall–Kier alpha value is -0.580. The fourth-order valence-corrected chi connectivity index (χ4v) is 2.39. The molecule has 1 amide bonds. The summed E-state index contributed by atoms with van der Waals surface area (Å²) < 4.78 is 5.16. The lowest BCUT2D eigenvalue weighted by Crippen LogP contribution is -2.41. The molecule has 15 heavy (non-hydrogen) atoms. The van der Waals surface area contributed by atoms with Gasteiger partial charge in [-0.1, -0.05) is 0 Å². The van der Waals surface area contributed by atoms with Crippen molar-refractivity contribution >= 4 is 28.8 Å². The number of halogens is 1. The molecule has 1 aliphatic heterocycles. The maximum Gasteiger partial charge on any atom is 0.224 e. The van der Waals surface area contributed by atoms with E-state index in [0.29, 0.717) is 19.6 Å². The second-order valence-corrected chi connectivity index (χ2v) is 4.88. The molecule has 3 nitrogen and oxygen atoms in total. The molecular formula is C10H12ClNO2S. The van der Waals surface area contributed by atoms with E-state index in [4.69, 9.17) is 16.3 Å². The Kier molecular flexibility index (Phi) is 3.61. The average molecular weight is 246 g/mol. The van der Waals surface area contributed by atoms with Crippen LogP contribution in [-0.2, 0) is 16.0 Å². The van der Waals surface area contributed by atoms with Crippen molar-refractivity contribution in [2.75, 3.05) is 13.2 Å². The van der Waals surface area contributed by atoms with Crippen LogP contribution in [0.2, 0.25) is 0 Å². The number of thiophene rings is 1. The third kappa shape index (κ3) is 2.93. The zero-order valence-corrected chi connectivity index (χ0v) is 9.68. The fraction of sp³-hybridized carbons (Fsp3) is 0.500. The second-order valence-electron chi connectivity index (χ2n) is 3.54. The number of hydrogen-bond donors (Lipinski definition) is 1. The Labute approximate surface area is 97.4 Å². The van der Waals surface area contributed by atoms with Gasteiger partial charge >= 0.3 is 0 Å². The quantitative estimate of drug-likeness (QED) is 0.818. The molecular weight excluding hydrogens is 234 g/mol. The van der Waals surface area contributed by atoms with Crippen molar-refractivity contribution in [2.45, 2.75) is 17.8 Å². The van der Waals surface area contributed by atoms with Crippen LogP contribution in [0.15, 0.2) is 16.8 Å². The minimum Gasteiger partial charge on any atom is -0.378 e. The molecule has 1 aromatic rings. The van der Waals surface area contributed by atoms with Crippen molar-refractivity contribution in [3.8, 4) is 0 Å². The minimum absolute atomic E-state index is 0.00884. The maximum atomic E-state index is 11.6. The van der Waals surface area contributed by atoms with E-state index in [1.165, 1.54) is 0 Å². The Morgan fingerprint density at radius 3 is 3.13 bits per heavy atom. The second kappa shape index (κ2) is 4.96. The van der Waals surface area contributed by atoms with Gasteiger partial charge in [0.2, 0.25) is 5.91 Å². The largest absolute Gasteiger partial charge is 0.378 e. The first-order valence-corrected chi connectivity index (χ1v) is 6.16. The summed E-state index contributed by atoms with van der Waals surface area (Å²) in [5, 5.41) is 6.71. The summed E-state index contributed by atoms with van der Waals surface area (Å²) in [6.07, 6.45) is 0.420. The molecule has 1 aromatic heterocycles. The predicted octanol–water partition coefficient (Wildman–Crippen LogP) is 1.41. The van der Waals surface area contributed by atoms with Crippen molar-refractivity contribution < 1.29 is 9.53 Å². The Bertz CT molecular complexity index is 328. The molecule has 82 valence electrons. The Morgan fingerprint density at radius 2 is 2.53 bits per heavy atom. The summed E-state index contributed by atoms with van der Waals surface area (Å²) in [5.74, 6) is 0.00884. The van der Waals surface area contributed by atoms with Gasteiger partial charge in [0.15, 0.2) is 0 Å². The molecule has 1 saturated heterocycles. The summed E-state index contributed by atoms with van der Waals surface area (Å²) in [4.78, 5) is 11.6. The normalized spacial score (nSPS) is 25.4. The van der Waals surface area contributed by atoms with Crippen molar-refractivity contribution in [3.63, 3.8) is 0 Å². The third-order valence-corrected chi connectivity index (χ3v) is 3.46. The van der Waals surface area contributed by atoms with Crippen LogP contribution in [0.25, 0.3) is 0 Å². The van der Waals surface area contributed by atoms with E-state index in [2.05, 4.69) is 5.32 Å². The van der Waals surface area contributed by atoms with Gasteiger partial charge < -0.3 is 10.1 Å². The van der Waals surface area contributed by atoms with Crippen LogP contribution < -0.4 is 5.32 Å². The number of hydrogen-bond acceptors (Lipinski definition) is 3. The summed E-state index contributed by atoms with van der Waals surface area (Å²) >= 11 is 7.56. The van der Waals surface area contributed by atoms with Gasteiger partial charge in [-0.3, -0.25) is 4.79 Å². The summed E-state index contributed by atoms with van der Waals surface area (Å²) in [6.45, 7) is 1.04. The minimum atomic E-state index is -0.101. The molecule has 0 spiro atoms. The molecule has 1 N–H and O–H groups in total. The average Bonchev–Trinajstić information content (AvgIpc) is 2.79. The molecule has 0 saturated carbocycles. The van der Waals surface area contributed by atoms with Crippen LogP contribution >= 0.6 is 22.9 Å². The molecule has 0 radical (unpaired) electrons. The number of ether oxygens (including phenoxy) is 1. The zero-order valence-electron chi connectivity index (χ0n) is 8.11. The van der Waals surface area contributed by atoms with Crippen molar-refractivity contribution in [2.24, 2.45) is 0 Å². The Balaban J connectivity index is 1.82. The van der Waals surface area contributed by atoms with E-state index in [0.717, 1.165) is 5.56 Å². The van der Waals surface area contributed by atoms with Crippen molar-refractivity contribution in [3.05, 3.63) is 22.4 Å². The first-order chi connectivity index (χ1) is 7.25. The SMILES string of the molecule is O=C(Cc1ccsc1)NC1COCC1Cl. The number of amides is 1. The maximum absolute atomic E-state index is 11.6. The van der Waals surface area contributed by atoms with E-state index in [9.17, 15) is 4.79 Å².